The summed E-state index contributed by atoms with van der Waals surface area (Å²) in [5.74, 6) is -3.17. The molecule has 7 N–H and O–H groups in total. The lowest BCUT2D eigenvalue weighted by atomic mass is 9.87. The molecule has 1 aromatic carbocycles. The average Bonchev–Trinajstić information content (AvgIpc) is 2.77. The second-order valence-electron chi connectivity index (χ2n) is 8.30. The third-order valence-electron chi connectivity index (χ3n) is 5.15. The Morgan fingerprint density at radius 3 is 2.21 bits per heavy atom. The summed E-state index contributed by atoms with van der Waals surface area (Å²) in [5, 5.41) is 68.1. The molecule has 0 aromatic heterocycles. The molecule has 12 nitrogen and oxygen atoms in total. The minimum absolute atomic E-state index is 0.187. The molecule has 12 heteroatoms. The van der Waals surface area contributed by atoms with Crippen LogP contribution in [0.25, 0.3) is 0 Å². The predicted molar refractivity (Wildman–Crippen MR) is 109 cm³/mol. The fourth-order valence-electron chi connectivity index (χ4n) is 3.37. The first-order chi connectivity index (χ1) is 15.4. The van der Waals surface area contributed by atoms with Crippen molar-refractivity contribution >= 4 is 11.9 Å². The van der Waals surface area contributed by atoms with E-state index in [-0.39, 0.29) is 24.7 Å². The summed E-state index contributed by atoms with van der Waals surface area (Å²) < 4.78 is 15.7. The van der Waals surface area contributed by atoms with E-state index in [1.165, 1.54) is 24.3 Å². The Kier molecular flexibility index (Phi) is 9.14. The molecule has 1 saturated heterocycles. The highest BCUT2D eigenvalue weighted by atomic mass is 16.7. The first-order valence-corrected chi connectivity index (χ1v) is 10.3. The topological polar surface area (TPSA) is 203 Å². The summed E-state index contributed by atoms with van der Waals surface area (Å²) in [4.78, 5) is 23.5. The monoisotopic (exact) mass is 474 g/mol. The second kappa shape index (κ2) is 11.2. The zero-order valence-electron chi connectivity index (χ0n) is 18.1. The maximum Gasteiger partial charge on any atom is 0.341 e. The maximum atomic E-state index is 12.4. The van der Waals surface area contributed by atoms with Gasteiger partial charge < -0.3 is 50.0 Å². The number of carbonyl (C=O) groups excluding carboxylic acids is 1. The van der Waals surface area contributed by atoms with E-state index >= 15 is 0 Å². The average molecular weight is 474 g/mol. The molecule has 1 fully saturated rings. The van der Waals surface area contributed by atoms with Gasteiger partial charge in [-0.25, -0.2) is 9.59 Å². The van der Waals surface area contributed by atoms with Crippen LogP contribution in [0.2, 0.25) is 0 Å². The van der Waals surface area contributed by atoms with Crippen LogP contribution in [0, 0.1) is 5.92 Å². The molecule has 0 saturated carbocycles. The van der Waals surface area contributed by atoms with Gasteiger partial charge in [-0.3, -0.25) is 0 Å². The predicted octanol–water partition coefficient (Wildman–Crippen LogP) is -1.87. The maximum absolute atomic E-state index is 12.4. The molecule has 1 aliphatic rings. The van der Waals surface area contributed by atoms with Gasteiger partial charge >= 0.3 is 11.9 Å². The highest BCUT2D eigenvalue weighted by Gasteiger charge is 2.49. The lowest BCUT2D eigenvalue weighted by Gasteiger charge is -2.39. The van der Waals surface area contributed by atoms with E-state index in [2.05, 4.69) is 0 Å². The fraction of sp³-hybridized carbons (Fsp3) is 0.619. The largest absolute Gasteiger partial charge is 0.479 e. The molecule has 7 atom stereocenters. The molecule has 0 bridgehead atoms. The standard InChI is InChI=1S/C21H30O12/c1-10(2)7-21(30,17(26)18(27)28)20(29)31-9-11-3-5-12(6-4-11)32-19-16(25)15(24)14(23)13(8-22)33-19/h3-6,10,13-17,19,22-26,30H,7-9H2,1-2H3,(H,27,28)/t13-,14-,15+,16-,17?,19-,21?/m1/s1. The summed E-state index contributed by atoms with van der Waals surface area (Å²) in [6.07, 6.45) is -9.87. The highest BCUT2D eigenvalue weighted by Crippen LogP contribution is 2.26. The van der Waals surface area contributed by atoms with E-state index in [0.29, 0.717) is 5.56 Å². The molecule has 0 spiro atoms. The van der Waals surface area contributed by atoms with Gasteiger partial charge in [0.2, 0.25) is 6.29 Å². The van der Waals surface area contributed by atoms with Crippen LogP contribution in [0.15, 0.2) is 24.3 Å². The van der Waals surface area contributed by atoms with Crippen molar-refractivity contribution in [1.82, 2.24) is 0 Å². The van der Waals surface area contributed by atoms with Crippen LogP contribution >= 0.6 is 0 Å². The minimum atomic E-state index is -2.62. The molecule has 186 valence electrons. The van der Waals surface area contributed by atoms with Crippen LogP contribution in [0.3, 0.4) is 0 Å². The summed E-state index contributed by atoms with van der Waals surface area (Å²) in [6.45, 7) is 2.34. The van der Waals surface area contributed by atoms with Crippen LogP contribution in [-0.4, -0.2) is 96.7 Å². The van der Waals surface area contributed by atoms with E-state index in [1.807, 2.05) is 0 Å². The highest BCUT2D eigenvalue weighted by molar-refractivity contribution is 5.88. The SMILES string of the molecule is CC(C)CC(O)(C(=O)OCc1ccc(O[C@@H]2O[C@H](CO)[C@@H](O)[C@H](O)[C@H]2O)cc1)C(O)C(=O)O. The van der Waals surface area contributed by atoms with E-state index in [4.69, 9.17) is 19.3 Å². The van der Waals surface area contributed by atoms with Crippen LogP contribution in [0.5, 0.6) is 5.75 Å². The third-order valence-corrected chi connectivity index (χ3v) is 5.15. The summed E-state index contributed by atoms with van der Waals surface area (Å²) in [6, 6.07) is 5.80. The number of carbonyl (C=O) groups is 2. The zero-order chi connectivity index (χ0) is 24.9. The van der Waals surface area contributed by atoms with E-state index < -0.39 is 61.0 Å². The van der Waals surface area contributed by atoms with Crippen molar-refractivity contribution in [2.24, 2.45) is 5.92 Å². The number of esters is 1. The third kappa shape index (κ3) is 6.38. The zero-order valence-corrected chi connectivity index (χ0v) is 18.1. The number of aliphatic carboxylic acids is 1. The van der Waals surface area contributed by atoms with Crippen molar-refractivity contribution in [3.05, 3.63) is 29.8 Å². The lowest BCUT2D eigenvalue weighted by molar-refractivity contribution is -0.277. The van der Waals surface area contributed by atoms with Crippen LogP contribution in [0.4, 0.5) is 0 Å². The Labute approximate surface area is 189 Å². The van der Waals surface area contributed by atoms with E-state index in [9.17, 15) is 40.2 Å². The number of hydrogen-bond donors (Lipinski definition) is 7. The molecule has 1 heterocycles. The number of carboxylic acids is 1. The molecule has 0 amide bonds. The summed E-state index contributed by atoms with van der Waals surface area (Å²) >= 11 is 0. The van der Waals surface area contributed by atoms with Gasteiger partial charge in [-0.1, -0.05) is 26.0 Å². The molecule has 0 radical (unpaired) electrons. The van der Waals surface area contributed by atoms with Gasteiger partial charge in [-0.15, -0.1) is 0 Å². The van der Waals surface area contributed by atoms with E-state index in [0.717, 1.165) is 0 Å². The van der Waals surface area contributed by atoms with Crippen LogP contribution in [0.1, 0.15) is 25.8 Å². The number of ether oxygens (including phenoxy) is 3. The first-order valence-electron chi connectivity index (χ1n) is 10.3. The molecule has 2 rings (SSSR count). The number of benzene rings is 1. The van der Waals surface area contributed by atoms with Gasteiger partial charge in [0.15, 0.2) is 11.7 Å². The summed E-state index contributed by atoms with van der Waals surface area (Å²) in [7, 11) is 0. The Bertz CT molecular complexity index is 795. The molecule has 1 aromatic rings. The number of hydrogen-bond acceptors (Lipinski definition) is 11. The fourth-order valence-corrected chi connectivity index (χ4v) is 3.37. The summed E-state index contributed by atoms with van der Waals surface area (Å²) in [5.41, 5.74) is -2.19. The number of carboxylic acid groups (broad SMARTS) is 1. The van der Waals surface area contributed by atoms with Crippen LogP contribution in [-0.2, 0) is 25.7 Å². The quantitative estimate of drug-likeness (QED) is 0.186. The molecule has 2 unspecified atom stereocenters. The van der Waals surface area contributed by atoms with Gasteiger partial charge in [-0.05, 0) is 30.0 Å². The Morgan fingerprint density at radius 2 is 1.70 bits per heavy atom. The van der Waals surface area contributed by atoms with Crippen molar-refractivity contribution in [2.45, 2.75) is 69.3 Å². The number of rotatable bonds is 10. The Balaban J connectivity index is 2.01. The van der Waals surface area contributed by atoms with Gasteiger partial charge in [0.25, 0.3) is 0 Å². The van der Waals surface area contributed by atoms with Crippen molar-refractivity contribution in [3.63, 3.8) is 0 Å². The van der Waals surface area contributed by atoms with Gasteiger partial charge in [0.1, 0.15) is 36.8 Å². The molecule has 33 heavy (non-hydrogen) atoms. The first kappa shape index (κ1) is 26.9. The van der Waals surface area contributed by atoms with Gasteiger partial charge in [0.05, 0.1) is 6.61 Å². The van der Waals surface area contributed by atoms with Crippen LogP contribution < -0.4 is 4.74 Å². The Morgan fingerprint density at radius 1 is 1.09 bits per heavy atom. The molecule has 0 aliphatic carbocycles. The van der Waals surface area contributed by atoms with Crippen molar-refractivity contribution < 1.29 is 59.5 Å². The van der Waals surface area contributed by atoms with Crippen molar-refractivity contribution in [3.8, 4) is 5.75 Å². The normalized spacial score (nSPS) is 28.1. The smallest absolute Gasteiger partial charge is 0.341 e. The van der Waals surface area contributed by atoms with Gasteiger partial charge in [0, 0.05) is 0 Å². The number of aliphatic hydroxyl groups is 6. The number of aliphatic hydroxyl groups excluding tert-OH is 5. The Hall–Kier alpha value is -2.32. The molecular formula is C21H30O12. The second-order valence-corrected chi connectivity index (χ2v) is 8.30. The van der Waals surface area contributed by atoms with Gasteiger partial charge in [-0.2, -0.15) is 0 Å². The molecule has 1 aliphatic heterocycles. The van der Waals surface area contributed by atoms with Crippen molar-refractivity contribution in [2.75, 3.05) is 6.61 Å². The van der Waals surface area contributed by atoms with E-state index in [1.54, 1.807) is 13.8 Å². The molecular weight excluding hydrogens is 444 g/mol. The minimum Gasteiger partial charge on any atom is -0.479 e. The lowest BCUT2D eigenvalue weighted by Crippen LogP contribution is -2.60. The van der Waals surface area contributed by atoms with Crippen molar-refractivity contribution in [1.29, 1.82) is 0 Å².